The molecule has 1 aliphatic rings. The lowest BCUT2D eigenvalue weighted by Crippen LogP contribution is -2.44. The standard InChI is InChI=1S/C21H26N4O2/c22-18-11-12-24(14-18)21(27)16-25(19-9-5-2-6-10-19)15-20(26)23-13-17-7-3-1-4-8-17/h1-10,18H,11-16,22H2,(H,23,26)/t18-/m0/s1. The Bertz CT molecular complexity index is 751. The lowest BCUT2D eigenvalue weighted by atomic mass is 10.2. The van der Waals surface area contributed by atoms with Crippen LogP contribution in [0.5, 0.6) is 0 Å². The summed E-state index contributed by atoms with van der Waals surface area (Å²) in [4.78, 5) is 28.7. The smallest absolute Gasteiger partial charge is 0.242 e. The van der Waals surface area contributed by atoms with E-state index in [1.165, 1.54) is 0 Å². The summed E-state index contributed by atoms with van der Waals surface area (Å²) < 4.78 is 0. The van der Waals surface area contributed by atoms with Gasteiger partial charge in [0.15, 0.2) is 0 Å². The Morgan fingerprint density at radius 2 is 1.70 bits per heavy atom. The molecule has 1 heterocycles. The van der Waals surface area contributed by atoms with Crippen molar-refractivity contribution in [3.63, 3.8) is 0 Å². The fraction of sp³-hybridized carbons (Fsp3) is 0.333. The lowest BCUT2D eigenvalue weighted by molar-refractivity contribution is -0.128. The molecule has 6 heteroatoms. The molecule has 2 aromatic rings. The lowest BCUT2D eigenvalue weighted by Gasteiger charge is -2.26. The molecule has 3 N–H and O–H groups in total. The van der Waals surface area contributed by atoms with Gasteiger partial charge in [-0.3, -0.25) is 9.59 Å². The van der Waals surface area contributed by atoms with Crippen molar-refractivity contribution >= 4 is 17.5 Å². The van der Waals surface area contributed by atoms with Gasteiger partial charge in [-0.05, 0) is 24.1 Å². The molecule has 1 atom stereocenters. The van der Waals surface area contributed by atoms with Gasteiger partial charge >= 0.3 is 0 Å². The van der Waals surface area contributed by atoms with Crippen LogP contribution in [0.4, 0.5) is 5.69 Å². The minimum absolute atomic E-state index is 0.00247. The van der Waals surface area contributed by atoms with Gasteiger partial charge in [-0.2, -0.15) is 0 Å². The average Bonchev–Trinajstić information content (AvgIpc) is 3.14. The summed E-state index contributed by atoms with van der Waals surface area (Å²) in [6.07, 6.45) is 0.828. The largest absolute Gasteiger partial charge is 0.353 e. The summed E-state index contributed by atoms with van der Waals surface area (Å²) in [5.41, 5.74) is 7.80. The highest BCUT2D eigenvalue weighted by Gasteiger charge is 2.25. The predicted octanol–water partition coefficient (Wildman–Crippen LogP) is 1.37. The zero-order valence-corrected chi connectivity index (χ0v) is 15.4. The van der Waals surface area contributed by atoms with E-state index in [4.69, 9.17) is 5.73 Å². The van der Waals surface area contributed by atoms with E-state index in [0.29, 0.717) is 19.6 Å². The van der Waals surface area contributed by atoms with Crippen LogP contribution < -0.4 is 16.0 Å². The van der Waals surface area contributed by atoms with Gasteiger partial charge in [-0.15, -0.1) is 0 Å². The Labute approximate surface area is 159 Å². The number of nitrogens with one attached hydrogen (secondary N) is 1. The number of para-hydroxylation sites is 1. The monoisotopic (exact) mass is 366 g/mol. The molecule has 1 saturated heterocycles. The van der Waals surface area contributed by atoms with Gasteiger partial charge in [0, 0.05) is 31.4 Å². The summed E-state index contributed by atoms with van der Waals surface area (Å²) >= 11 is 0. The fourth-order valence-corrected chi connectivity index (χ4v) is 3.18. The second-order valence-corrected chi connectivity index (χ2v) is 6.84. The Balaban J connectivity index is 1.61. The first-order valence-electron chi connectivity index (χ1n) is 9.26. The molecule has 27 heavy (non-hydrogen) atoms. The molecular weight excluding hydrogens is 340 g/mol. The van der Waals surface area contributed by atoms with Gasteiger partial charge in [-0.1, -0.05) is 48.5 Å². The van der Waals surface area contributed by atoms with E-state index in [2.05, 4.69) is 5.32 Å². The molecule has 1 fully saturated rings. The van der Waals surface area contributed by atoms with E-state index >= 15 is 0 Å². The summed E-state index contributed by atoms with van der Waals surface area (Å²) in [5, 5.41) is 2.92. The Kier molecular flexibility index (Phi) is 6.44. The van der Waals surface area contributed by atoms with Crippen LogP contribution in [0.3, 0.4) is 0 Å². The van der Waals surface area contributed by atoms with Crippen molar-refractivity contribution in [2.24, 2.45) is 5.73 Å². The molecule has 0 unspecified atom stereocenters. The van der Waals surface area contributed by atoms with Crippen LogP contribution >= 0.6 is 0 Å². The molecule has 0 saturated carbocycles. The molecule has 0 radical (unpaired) electrons. The van der Waals surface area contributed by atoms with E-state index in [9.17, 15) is 9.59 Å². The molecule has 2 amide bonds. The predicted molar refractivity (Wildman–Crippen MR) is 106 cm³/mol. The molecular formula is C21H26N4O2. The summed E-state index contributed by atoms with van der Waals surface area (Å²) in [6.45, 7) is 2.03. The minimum Gasteiger partial charge on any atom is -0.353 e. The van der Waals surface area contributed by atoms with Crippen LogP contribution in [0, 0.1) is 0 Å². The Morgan fingerprint density at radius 3 is 2.33 bits per heavy atom. The van der Waals surface area contributed by atoms with Gasteiger partial charge in [-0.25, -0.2) is 0 Å². The number of carbonyl (C=O) groups is 2. The number of hydrogen-bond donors (Lipinski definition) is 2. The van der Waals surface area contributed by atoms with Crippen LogP contribution in [-0.4, -0.2) is 48.9 Å². The number of nitrogens with two attached hydrogens (primary N) is 1. The molecule has 0 aliphatic carbocycles. The molecule has 0 bridgehead atoms. The first kappa shape index (κ1) is 18.9. The maximum atomic E-state index is 12.6. The number of anilines is 1. The fourth-order valence-electron chi connectivity index (χ4n) is 3.18. The van der Waals surface area contributed by atoms with Crippen LogP contribution in [0.2, 0.25) is 0 Å². The van der Waals surface area contributed by atoms with Crippen molar-refractivity contribution in [3.8, 4) is 0 Å². The van der Waals surface area contributed by atoms with E-state index in [-0.39, 0.29) is 30.9 Å². The van der Waals surface area contributed by atoms with Crippen LogP contribution in [-0.2, 0) is 16.1 Å². The van der Waals surface area contributed by atoms with Crippen molar-refractivity contribution in [2.45, 2.75) is 19.0 Å². The molecule has 1 aliphatic heterocycles. The Hall–Kier alpha value is -2.86. The maximum Gasteiger partial charge on any atom is 0.242 e. The zero-order valence-electron chi connectivity index (χ0n) is 15.4. The van der Waals surface area contributed by atoms with Crippen molar-refractivity contribution in [2.75, 3.05) is 31.1 Å². The van der Waals surface area contributed by atoms with Crippen molar-refractivity contribution in [1.29, 1.82) is 0 Å². The van der Waals surface area contributed by atoms with Crippen molar-refractivity contribution < 1.29 is 9.59 Å². The Morgan fingerprint density at radius 1 is 1.04 bits per heavy atom. The third-order valence-corrected chi connectivity index (χ3v) is 4.69. The summed E-state index contributed by atoms with van der Waals surface area (Å²) in [7, 11) is 0. The van der Waals surface area contributed by atoms with Crippen LogP contribution in [0.15, 0.2) is 60.7 Å². The van der Waals surface area contributed by atoms with E-state index in [1.807, 2.05) is 65.6 Å². The molecule has 0 spiro atoms. The van der Waals surface area contributed by atoms with Crippen molar-refractivity contribution in [1.82, 2.24) is 10.2 Å². The molecule has 3 rings (SSSR count). The summed E-state index contributed by atoms with van der Waals surface area (Å²) in [6, 6.07) is 19.4. The SMILES string of the molecule is N[C@H]1CCN(C(=O)CN(CC(=O)NCc2ccccc2)c2ccccc2)C1. The average molecular weight is 366 g/mol. The highest BCUT2D eigenvalue weighted by Crippen LogP contribution is 2.15. The highest BCUT2D eigenvalue weighted by molar-refractivity contribution is 5.86. The number of hydrogen-bond acceptors (Lipinski definition) is 4. The first-order valence-corrected chi connectivity index (χ1v) is 9.26. The second kappa shape index (κ2) is 9.19. The number of nitrogens with zero attached hydrogens (tertiary/aromatic N) is 2. The van der Waals surface area contributed by atoms with Gasteiger partial charge in [0.1, 0.15) is 0 Å². The number of carbonyl (C=O) groups excluding carboxylic acids is 2. The third-order valence-electron chi connectivity index (χ3n) is 4.69. The van der Waals surface area contributed by atoms with Crippen LogP contribution in [0.25, 0.3) is 0 Å². The van der Waals surface area contributed by atoms with E-state index < -0.39 is 0 Å². The molecule has 2 aromatic carbocycles. The number of likely N-dealkylation sites (tertiary alicyclic amines) is 1. The van der Waals surface area contributed by atoms with Gasteiger partial charge in [0.05, 0.1) is 13.1 Å². The molecule has 6 nitrogen and oxygen atoms in total. The van der Waals surface area contributed by atoms with Gasteiger partial charge in [0.25, 0.3) is 0 Å². The highest BCUT2D eigenvalue weighted by atomic mass is 16.2. The topological polar surface area (TPSA) is 78.7 Å². The molecule has 0 aromatic heterocycles. The zero-order chi connectivity index (χ0) is 19.1. The van der Waals surface area contributed by atoms with Gasteiger partial charge in [0.2, 0.25) is 11.8 Å². The first-order chi connectivity index (χ1) is 13.1. The molecule has 142 valence electrons. The normalized spacial score (nSPS) is 16.2. The van der Waals surface area contributed by atoms with E-state index in [1.54, 1.807) is 4.90 Å². The van der Waals surface area contributed by atoms with Gasteiger partial charge < -0.3 is 20.9 Å². The van der Waals surface area contributed by atoms with E-state index in [0.717, 1.165) is 17.7 Å². The number of benzene rings is 2. The third kappa shape index (κ3) is 5.56. The second-order valence-electron chi connectivity index (χ2n) is 6.84. The number of rotatable bonds is 7. The quantitative estimate of drug-likeness (QED) is 0.776. The number of amides is 2. The minimum atomic E-state index is -0.117. The summed E-state index contributed by atoms with van der Waals surface area (Å²) in [5.74, 6) is -0.115. The van der Waals surface area contributed by atoms with Crippen LogP contribution in [0.1, 0.15) is 12.0 Å². The maximum absolute atomic E-state index is 12.6. The van der Waals surface area contributed by atoms with Crippen molar-refractivity contribution in [3.05, 3.63) is 66.2 Å².